The van der Waals surface area contributed by atoms with Gasteiger partial charge in [0, 0.05) is 11.9 Å². The van der Waals surface area contributed by atoms with Crippen molar-refractivity contribution >= 4 is 38.9 Å². The molecule has 0 unspecified atom stereocenters. The van der Waals surface area contributed by atoms with E-state index in [0.29, 0.717) is 4.88 Å². The predicted octanol–water partition coefficient (Wildman–Crippen LogP) is 2.00. The lowest BCUT2D eigenvalue weighted by Gasteiger charge is -2.11. The van der Waals surface area contributed by atoms with Gasteiger partial charge in [0.05, 0.1) is 23.2 Å². The maximum Gasteiger partial charge on any atom is 0.339 e. The molecule has 1 heterocycles. The summed E-state index contributed by atoms with van der Waals surface area (Å²) in [4.78, 5) is 24.2. The molecule has 9 heteroatoms. The van der Waals surface area contributed by atoms with E-state index in [4.69, 9.17) is 0 Å². The Labute approximate surface area is 143 Å². The summed E-state index contributed by atoms with van der Waals surface area (Å²) in [5.74, 6) is -1.01. The zero-order valence-corrected chi connectivity index (χ0v) is 14.9. The fourth-order valence-corrected chi connectivity index (χ4v) is 4.65. The van der Waals surface area contributed by atoms with Gasteiger partial charge in [0.25, 0.3) is 15.9 Å². The minimum absolute atomic E-state index is 0.00855. The molecule has 0 saturated heterocycles. The second-order valence-electron chi connectivity index (χ2n) is 4.75. The molecule has 1 aromatic heterocycles. The first-order chi connectivity index (χ1) is 11.3. The zero-order valence-electron chi connectivity index (χ0n) is 13.2. The van der Waals surface area contributed by atoms with Crippen LogP contribution in [0, 0.1) is 6.92 Å². The largest absolute Gasteiger partial charge is 0.465 e. The SMILES string of the molecule is CNC(=O)c1cc(S(=O)(=O)Nc2ccccc2C(=O)OC)c(C)s1. The molecule has 2 N–H and O–H groups in total. The summed E-state index contributed by atoms with van der Waals surface area (Å²) in [6.45, 7) is 1.61. The Bertz CT molecular complexity index is 887. The number of hydrogen-bond acceptors (Lipinski definition) is 6. The fraction of sp³-hybridized carbons (Fsp3) is 0.200. The highest BCUT2D eigenvalue weighted by molar-refractivity contribution is 7.93. The van der Waals surface area contributed by atoms with E-state index in [1.54, 1.807) is 19.1 Å². The van der Waals surface area contributed by atoms with Crippen molar-refractivity contribution in [1.29, 1.82) is 0 Å². The molecule has 0 spiro atoms. The van der Waals surface area contributed by atoms with Crippen molar-refractivity contribution in [2.24, 2.45) is 0 Å². The second-order valence-corrected chi connectivity index (χ2v) is 7.66. The maximum absolute atomic E-state index is 12.6. The molecule has 0 radical (unpaired) electrons. The van der Waals surface area contributed by atoms with Crippen LogP contribution >= 0.6 is 11.3 Å². The predicted molar refractivity (Wildman–Crippen MR) is 91.0 cm³/mol. The number of carbonyl (C=O) groups excluding carboxylic acids is 2. The number of benzene rings is 1. The van der Waals surface area contributed by atoms with Gasteiger partial charge in [-0.3, -0.25) is 9.52 Å². The molecule has 1 aromatic carbocycles. The van der Waals surface area contributed by atoms with E-state index in [0.717, 1.165) is 11.3 Å². The molecule has 0 bridgehead atoms. The zero-order chi connectivity index (χ0) is 17.9. The molecule has 0 fully saturated rings. The van der Waals surface area contributed by atoms with E-state index in [1.807, 2.05) is 0 Å². The number of sulfonamides is 1. The van der Waals surface area contributed by atoms with Crippen LogP contribution in [0.4, 0.5) is 5.69 Å². The Balaban J connectivity index is 2.42. The van der Waals surface area contributed by atoms with Gasteiger partial charge in [-0.05, 0) is 25.1 Å². The third kappa shape index (κ3) is 3.57. The average molecular weight is 368 g/mol. The summed E-state index contributed by atoms with van der Waals surface area (Å²) in [5, 5.41) is 2.45. The Hall–Kier alpha value is -2.39. The molecule has 0 saturated carbocycles. The van der Waals surface area contributed by atoms with E-state index in [9.17, 15) is 18.0 Å². The third-order valence-electron chi connectivity index (χ3n) is 3.19. The molecule has 7 nitrogen and oxygen atoms in total. The highest BCUT2D eigenvalue weighted by atomic mass is 32.2. The van der Waals surface area contributed by atoms with Gasteiger partial charge in [-0.25, -0.2) is 13.2 Å². The molecule has 0 aliphatic carbocycles. The van der Waals surface area contributed by atoms with Crippen LogP contribution < -0.4 is 10.0 Å². The summed E-state index contributed by atoms with van der Waals surface area (Å²) in [7, 11) is -1.27. The van der Waals surface area contributed by atoms with Crippen LogP contribution in [0.15, 0.2) is 35.2 Å². The number of para-hydroxylation sites is 1. The number of aryl methyl sites for hydroxylation is 1. The van der Waals surface area contributed by atoms with Crippen molar-refractivity contribution in [3.05, 3.63) is 45.6 Å². The Kier molecular flexibility index (Phi) is 5.25. The second kappa shape index (κ2) is 7.02. The number of amides is 1. The molecule has 0 aliphatic rings. The van der Waals surface area contributed by atoms with Gasteiger partial charge in [-0.1, -0.05) is 12.1 Å². The van der Waals surface area contributed by atoms with Gasteiger partial charge in [-0.2, -0.15) is 0 Å². The summed E-state index contributed by atoms with van der Waals surface area (Å²) in [6.07, 6.45) is 0. The lowest BCUT2D eigenvalue weighted by molar-refractivity contribution is 0.0602. The van der Waals surface area contributed by atoms with Crippen LogP contribution in [0.2, 0.25) is 0 Å². The summed E-state index contributed by atoms with van der Waals surface area (Å²) in [6, 6.07) is 7.43. The molecule has 0 aliphatic heterocycles. The van der Waals surface area contributed by atoms with Crippen LogP contribution in [0.1, 0.15) is 24.9 Å². The van der Waals surface area contributed by atoms with E-state index in [-0.39, 0.29) is 26.9 Å². The van der Waals surface area contributed by atoms with E-state index >= 15 is 0 Å². The molecule has 2 aromatic rings. The molecule has 1 amide bonds. The number of esters is 1. The topological polar surface area (TPSA) is 102 Å². The van der Waals surface area contributed by atoms with Crippen molar-refractivity contribution in [2.75, 3.05) is 18.9 Å². The van der Waals surface area contributed by atoms with Crippen LogP contribution in [0.3, 0.4) is 0 Å². The lowest BCUT2D eigenvalue weighted by Crippen LogP contribution is -2.17. The highest BCUT2D eigenvalue weighted by Crippen LogP contribution is 2.28. The molecule has 128 valence electrons. The molecule has 2 rings (SSSR count). The van der Waals surface area contributed by atoms with Gasteiger partial charge in [0.15, 0.2) is 0 Å². The summed E-state index contributed by atoms with van der Waals surface area (Å²) < 4.78 is 32.3. The number of ether oxygens (including phenoxy) is 1. The lowest BCUT2D eigenvalue weighted by atomic mass is 10.2. The average Bonchev–Trinajstić information content (AvgIpc) is 2.96. The van der Waals surface area contributed by atoms with Crippen molar-refractivity contribution in [2.45, 2.75) is 11.8 Å². The fourth-order valence-electron chi connectivity index (χ4n) is 2.03. The quantitative estimate of drug-likeness (QED) is 0.786. The number of nitrogens with one attached hydrogen (secondary N) is 2. The van der Waals surface area contributed by atoms with Crippen molar-refractivity contribution in [1.82, 2.24) is 5.32 Å². The Morgan fingerprint density at radius 3 is 2.50 bits per heavy atom. The third-order valence-corrected chi connectivity index (χ3v) is 5.86. The molecular formula is C15H16N2O5S2. The van der Waals surface area contributed by atoms with Crippen molar-refractivity contribution in [3.8, 4) is 0 Å². The number of anilines is 1. The van der Waals surface area contributed by atoms with Gasteiger partial charge < -0.3 is 10.1 Å². The molecule has 0 atom stereocenters. The maximum atomic E-state index is 12.6. The number of thiophene rings is 1. The molecule has 24 heavy (non-hydrogen) atoms. The number of methoxy groups -OCH3 is 1. The van der Waals surface area contributed by atoms with Crippen LogP contribution in [0.25, 0.3) is 0 Å². The number of hydrogen-bond donors (Lipinski definition) is 2. The Morgan fingerprint density at radius 1 is 1.21 bits per heavy atom. The Morgan fingerprint density at radius 2 is 1.88 bits per heavy atom. The van der Waals surface area contributed by atoms with Gasteiger partial charge >= 0.3 is 5.97 Å². The normalized spacial score (nSPS) is 11.0. The van der Waals surface area contributed by atoms with Crippen molar-refractivity contribution in [3.63, 3.8) is 0 Å². The van der Waals surface area contributed by atoms with E-state index < -0.39 is 16.0 Å². The monoisotopic (exact) mass is 368 g/mol. The minimum Gasteiger partial charge on any atom is -0.465 e. The molecular weight excluding hydrogens is 352 g/mol. The van der Waals surface area contributed by atoms with Crippen LogP contribution in [-0.4, -0.2) is 34.5 Å². The summed E-state index contributed by atoms with van der Waals surface area (Å²) >= 11 is 1.08. The van der Waals surface area contributed by atoms with Gasteiger partial charge in [0.1, 0.15) is 4.90 Å². The smallest absolute Gasteiger partial charge is 0.339 e. The van der Waals surface area contributed by atoms with Crippen LogP contribution in [0.5, 0.6) is 0 Å². The highest BCUT2D eigenvalue weighted by Gasteiger charge is 2.24. The minimum atomic E-state index is -3.96. The first-order valence-corrected chi connectivity index (χ1v) is 9.12. The van der Waals surface area contributed by atoms with Crippen LogP contribution in [-0.2, 0) is 14.8 Å². The standard InChI is InChI=1S/C15H16N2O5S2/c1-9-13(8-12(23-9)14(18)16-2)24(20,21)17-11-7-5-4-6-10(11)15(19)22-3/h4-8,17H,1-3H3,(H,16,18). The summed E-state index contributed by atoms with van der Waals surface area (Å²) in [5.41, 5.74) is 0.208. The number of carbonyl (C=O) groups is 2. The van der Waals surface area contributed by atoms with E-state index in [1.165, 1.54) is 32.4 Å². The van der Waals surface area contributed by atoms with Crippen molar-refractivity contribution < 1.29 is 22.7 Å². The van der Waals surface area contributed by atoms with Gasteiger partial charge in [-0.15, -0.1) is 11.3 Å². The number of rotatable bonds is 5. The van der Waals surface area contributed by atoms with E-state index in [2.05, 4.69) is 14.8 Å². The van der Waals surface area contributed by atoms with Gasteiger partial charge in [0.2, 0.25) is 0 Å². The first kappa shape index (κ1) is 18.0. The first-order valence-electron chi connectivity index (χ1n) is 6.83.